The Labute approximate surface area is 165 Å². The molecule has 3 aromatic rings. The van der Waals surface area contributed by atoms with Crippen LogP contribution in [0.4, 0.5) is 15.2 Å². The highest BCUT2D eigenvalue weighted by Gasteiger charge is 2.33. The summed E-state index contributed by atoms with van der Waals surface area (Å²) in [6.45, 7) is 1.96. The third-order valence-corrected chi connectivity index (χ3v) is 5.71. The van der Waals surface area contributed by atoms with Gasteiger partial charge in [-0.3, -0.25) is 14.9 Å². The molecule has 0 bridgehead atoms. The highest BCUT2D eigenvalue weighted by Crippen LogP contribution is 2.39. The highest BCUT2D eigenvalue weighted by molar-refractivity contribution is 7.16. The normalized spacial score (nSPS) is 15.1. The van der Waals surface area contributed by atoms with Crippen molar-refractivity contribution in [1.29, 1.82) is 0 Å². The lowest BCUT2D eigenvalue weighted by molar-refractivity contribution is -0.117. The lowest BCUT2D eigenvalue weighted by Gasteiger charge is -2.10. The fourth-order valence-corrected chi connectivity index (χ4v) is 4.24. The number of hydrogen-bond acceptors (Lipinski definition) is 4. The second-order valence-corrected chi connectivity index (χ2v) is 7.82. The summed E-state index contributed by atoms with van der Waals surface area (Å²) in [5.74, 6) is -1.25. The van der Waals surface area contributed by atoms with Crippen LogP contribution in [-0.2, 0) is 11.2 Å². The third kappa shape index (κ3) is 3.80. The van der Waals surface area contributed by atoms with E-state index in [1.807, 2.05) is 19.1 Å². The number of nitrogens with zero attached hydrogens (tertiary/aromatic N) is 1. The van der Waals surface area contributed by atoms with Crippen LogP contribution in [0.15, 0.2) is 48.5 Å². The van der Waals surface area contributed by atoms with Crippen molar-refractivity contribution in [3.63, 3.8) is 0 Å². The van der Waals surface area contributed by atoms with Crippen molar-refractivity contribution in [2.24, 2.45) is 0 Å². The smallest absolute Gasteiger partial charge is 0.257 e. The number of carbonyl (C=O) groups is 2. The van der Waals surface area contributed by atoms with Crippen molar-refractivity contribution < 1.29 is 14.0 Å². The maximum absolute atomic E-state index is 13.3. The van der Waals surface area contributed by atoms with Gasteiger partial charge in [0.25, 0.3) is 5.91 Å². The quantitative estimate of drug-likeness (QED) is 0.683. The van der Waals surface area contributed by atoms with Crippen molar-refractivity contribution >= 4 is 34.0 Å². The van der Waals surface area contributed by atoms with Crippen LogP contribution in [-0.4, -0.2) is 16.8 Å². The third-order valence-electron chi connectivity index (χ3n) is 4.66. The van der Waals surface area contributed by atoms with E-state index in [1.165, 1.54) is 23.5 Å². The monoisotopic (exact) mass is 395 g/mol. The Hall–Kier alpha value is -3.06. The first kappa shape index (κ1) is 18.3. The Kier molecular flexibility index (Phi) is 4.92. The van der Waals surface area contributed by atoms with Gasteiger partial charge in [-0.2, -0.15) is 0 Å². The van der Waals surface area contributed by atoms with E-state index >= 15 is 0 Å². The van der Waals surface area contributed by atoms with Gasteiger partial charge in [0.1, 0.15) is 5.82 Å². The summed E-state index contributed by atoms with van der Waals surface area (Å²) in [6, 6.07) is 13.1. The highest BCUT2D eigenvalue weighted by atomic mass is 32.1. The van der Waals surface area contributed by atoms with Gasteiger partial charge in [-0.15, -0.1) is 11.3 Å². The Morgan fingerprint density at radius 1 is 1.14 bits per heavy atom. The number of amides is 2. The van der Waals surface area contributed by atoms with Crippen LogP contribution < -0.4 is 10.6 Å². The number of aryl methyl sites for hydroxylation is 2. The zero-order chi connectivity index (χ0) is 19.7. The topological polar surface area (TPSA) is 71.1 Å². The van der Waals surface area contributed by atoms with E-state index in [2.05, 4.69) is 15.6 Å². The maximum Gasteiger partial charge on any atom is 0.257 e. The molecule has 2 aromatic carbocycles. The number of rotatable bonds is 4. The standard InChI is InChI=1S/C21H18FN3O2S/c1-12-5-7-13(8-6-12)19(26)25-21-24-18-16(9-10-17(18)28-21)20(27)23-15-4-2-3-14(22)11-15/h2-8,11,16H,9-10H2,1H3,(H,23,27)(H,24,25,26)/t16-/m0/s1. The largest absolute Gasteiger partial charge is 0.325 e. The summed E-state index contributed by atoms with van der Waals surface area (Å²) in [7, 11) is 0. The molecule has 2 amide bonds. The fraction of sp³-hybridized carbons (Fsp3) is 0.190. The molecule has 5 nitrogen and oxygen atoms in total. The van der Waals surface area contributed by atoms with Crippen LogP contribution in [0, 0.1) is 12.7 Å². The molecule has 2 N–H and O–H groups in total. The van der Waals surface area contributed by atoms with Gasteiger partial charge in [-0.05, 0) is 50.1 Å². The van der Waals surface area contributed by atoms with Gasteiger partial charge in [0.15, 0.2) is 5.13 Å². The summed E-state index contributed by atoms with van der Waals surface area (Å²) in [5.41, 5.74) is 2.75. The molecule has 28 heavy (non-hydrogen) atoms. The van der Waals surface area contributed by atoms with E-state index in [-0.39, 0.29) is 11.8 Å². The second-order valence-electron chi connectivity index (χ2n) is 6.74. The fourth-order valence-electron chi connectivity index (χ4n) is 3.21. The molecule has 1 aliphatic rings. The molecule has 0 radical (unpaired) electrons. The Bertz CT molecular complexity index is 1050. The number of carbonyl (C=O) groups excluding carboxylic acids is 2. The average Bonchev–Trinajstić information content (AvgIpc) is 3.22. The van der Waals surface area contributed by atoms with Crippen LogP contribution in [0.2, 0.25) is 0 Å². The number of thiazole rings is 1. The summed E-state index contributed by atoms with van der Waals surface area (Å²) in [5, 5.41) is 6.04. The zero-order valence-corrected chi connectivity index (χ0v) is 16.0. The first-order chi connectivity index (χ1) is 13.5. The molecule has 1 atom stereocenters. The van der Waals surface area contributed by atoms with Crippen LogP contribution in [0.3, 0.4) is 0 Å². The lowest BCUT2D eigenvalue weighted by atomic mass is 10.1. The number of anilines is 2. The van der Waals surface area contributed by atoms with E-state index in [0.717, 1.165) is 16.9 Å². The molecule has 7 heteroatoms. The molecule has 1 aliphatic carbocycles. The molecule has 4 rings (SSSR count). The first-order valence-corrected chi connectivity index (χ1v) is 9.75. The SMILES string of the molecule is Cc1ccc(C(=O)Nc2nc3c(s2)CC[C@@H]3C(=O)Nc2cccc(F)c2)cc1. The minimum atomic E-state index is -0.403. The Morgan fingerprint density at radius 3 is 2.68 bits per heavy atom. The molecule has 0 aliphatic heterocycles. The van der Waals surface area contributed by atoms with Gasteiger partial charge in [-0.25, -0.2) is 9.37 Å². The zero-order valence-electron chi connectivity index (χ0n) is 15.2. The molecule has 0 spiro atoms. The lowest BCUT2D eigenvalue weighted by Crippen LogP contribution is -2.20. The van der Waals surface area contributed by atoms with Gasteiger partial charge < -0.3 is 5.32 Å². The molecule has 1 heterocycles. The van der Waals surface area contributed by atoms with E-state index < -0.39 is 11.7 Å². The Morgan fingerprint density at radius 2 is 1.93 bits per heavy atom. The number of halogens is 1. The summed E-state index contributed by atoms with van der Waals surface area (Å²) < 4.78 is 13.3. The van der Waals surface area contributed by atoms with E-state index in [0.29, 0.717) is 28.5 Å². The summed E-state index contributed by atoms with van der Waals surface area (Å²) in [4.78, 5) is 30.5. The number of benzene rings is 2. The summed E-state index contributed by atoms with van der Waals surface area (Å²) >= 11 is 1.39. The molecule has 0 unspecified atom stereocenters. The van der Waals surface area contributed by atoms with Gasteiger partial charge in [0.05, 0.1) is 11.6 Å². The van der Waals surface area contributed by atoms with E-state index in [1.54, 1.807) is 24.3 Å². The van der Waals surface area contributed by atoms with Gasteiger partial charge in [0, 0.05) is 16.1 Å². The minimum Gasteiger partial charge on any atom is -0.325 e. The van der Waals surface area contributed by atoms with Crippen molar-refractivity contribution in [3.8, 4) is 0 Å². The van der Waals surface area contributed by atoms with Crippen LogP contribution >= 0.6 is 11.3 Å². The molecule has 1 aromatic heterocycles. The predicted octanol–water partition coefficient (Wildman–Crippen LogP) is 4.51. The molecule has 0 saturated carbocycles. The van der Waals surface area contributed by atoms with Crippen molar-refractivity contribution in [1.82, 2.24) is 4.98 Å². The Balaban J connectivity index is 1.47. The van der Waals surface area contributed by atoms with Crippen LogP contribution in [0.5, 0.6) is 0 Å². The van der Waals surface area contributed by atoms with Crippen molar-refractivity contribution in [3.05, 3.63) is 76.0 Å². The minimum absolute atomic E-state index is 0.217. The van der Waals surface area contributed by atoms with Crippen LogP contribution in [0.1, 0.15) is 38.8 Å². The van der Waals surface area contributed by atoms with E-state index in [4.69, 9.17) is 0 Å². The maximum atomic E-state index is 13.3. The molecule has 142 valence electrons. The first-order valence-electron chi connectivity index (χ1n) is 8.93. The van der Waals surface area contributed by atoms with Crippen LogP contribution in [0.25, 0.3) is 0 Å². The van der Waals surface area contributed by atoms with Crippen molar-refractivity contribution in [2.45, 2.75) is 25.7 Å². The van der Waals surface area contributed by atoms with Crippen molar-refractivity contribution in [2.75, 3.05) is 10.6 Å². The summed E-state index contributed by atoms with van der Waals surface area (Å²) in [6.07, 6.45) is 1.39. The number of aromatic nitrogens is 1. The van der Waals surface area contributed by atoms with Gasteiger partial charge in [-0.1, -0.05) is 23.8 Å². The molecule has 0 fully saturated rings. The number of hydrogen-bond donors (Lipinski definition) is 2. The molecular weight excluding hydrogens is 377 g/mol. The average molecular weight is 395 g/mol. The van der Waals surface area contributed by atoms with Gasteiger partial charge >= 0.3 is 0 Å². The molecule has 0 saturated heterocycles. The second kappa shape index (κ2) is 7.52. The van der Waals surface area contributed by atoms with Gasteiger partial charge in [0.2, 0.25) is 5.91 Å². The molecular formula is C21H18FN3O2S. The van der Waals surface area contributed by atoms with E-state index in [9.17, 15) is 14.0 Å². The number of nitrogens with one attached hydrogen (secondary N) is 2. The number of fused-ring (bicyclic) bond motifs is 1. The predicted molar refractivity (Wildman–Crippen MR) is 107 cm³/mol.